The maximum atomic E-state index is 5.90. The lowest BCUT2D eigenvalue weighted by molar-refractivity contribution is 0.132. The van der Waals surface area contributed by atoms with Crippen LogP contribution in [0.5, 0.6) is 23.0 Å². The number of rotatable bonds is 12. The van der Waals surface area contributed by atoms with Crippen molar-refractivity contribution in [3.8, 4) is 23.0 Å². The quantitative estimate of drug-likeness (QED) is 0.288. The standard InChI is InChI=1S/C26H27N3O5/c1-30-12-14-32-24-16-22-23(17-25(24)33-15-13-31-2)27-18-28-26(22)29-19-8-10-21(11-9-19)34-20-6-4-3-5-7-20/h3-11,16-18H,12-15H2,1-2H3,(H,27,28,29). The zero-order chi connectivity index (χ0) is 23.6. The minimum Gasteiger partial charge on any atom is -0.487 e. The van der Waals surface area contributed by atoms with Gasteiger partial charge in [-0.1, -0.05) is 18.2 Å². The second kappa shape index (κ2) is 11.8. The van der Waals surface area contributed by atoms with Gasteiger partial charge in [-0.3, -0.25) is 0 Å². The van der Waals surface area contributed by atoms with Gasteiger partial charge in [-0.2, -0.15) is 0 Å². The molecule has 0 atom stereocenters. The summed E-state index contributed by atoms with van der Waals surface area (Å²) in [6.07, 6.45) is 1.52. The third kappa shape index (κ3) is 6.12. The highest BCUT2D eigenvalue weighted by atomic mass is 16.5. The first-order valence-corrected chi connectivity index (χ1v) is 10.9. The highest BCUT2D eigenvalue weighted by molar-refractivity contribution is 5.93. The molecule has 0 amide bonds. The van der Waals surface area contributed by atoms with Gasteiger partial charge < -0.3 is 29.0 Å². The first kappa shape index (κ1) is 23.3. The van der Waals surface area contributed by atoms with Crippen molar-refractivity contribution in [1.29, 1.82) is 0 Å². The predicted octanol–water partition coefficient (Wildman–Crippen LogP) is 5.22. The maximum Gasteiger partial charge on any atom is 0.163 e. The van der Waals surface area contributed by atoms with E-state index in [0.717, 1.165) is 28.1 Å². The van der Waals surface area contributed by atoms with Gasteiger partial charge in [-0.05, 0) is 42.5 Å². The van der Waals surface area contributed by atoms with E-state index in [4.69, 9.17) is 23.7 Å². The number of nitrogens with zero attached hydrogens (tertiary/aromatic N) is 2. The largest absolute Gasteiger partial charge is 0.487 e. The molecule has 0 aliphatic heterocycles. The SMILES string of the molecule is COCCOc1cc2ncnc(Nc3ccc(Oc4ccccc4)cc3)c2cc1OCCOC. The number of hydrogen-bond donors (Lipinski definition) is 1. The highest BCUT2D eigenvalue weighted by Crippen LogP contribution is 2.35. The first-order chi connectivity index (χ1) is 16.8. The molecule has 1 N–H and O–H groups in total. The van der Waals surface area contributed by atoms with Crippen molar-refractivity contribution in [2.45, 2.75) is 0 Å². The lowest BCUT2D eigenvalue weighted by Crippen LogP contribution is -2.09. The Balaban J connectivity index is 1.56. The van der Waals surface area contributed by atoms with Crippen LogP contribution < -0.4 is 19.5 Å². The number of anilines is 2. The monoisotopic (exact) mass is 461 g/mol. The normalized spacial score (nSPS) is 10.8. The Kier molecular flexibility index (Phi) is 8.10. The van der Waals surface area contributed by atoms with E-state index in [1.54, 1.807) is 14.2 Å². The Hall–Kier alpha value is -3.88. The molecule has 3 aromatic carbocycles. The van der Waals surface area contributed by atoms with Gasteiger partial charge in [0, 0.05) is 31.4 Å². The second-order valence-electron chi connectivity index (χ2n) is 7.29. The number of fused-ring (bicyclic) bond motifs is 1. The molecule has 0 aliphatic rings. The molecule has 0 unspecified atom stereocenters. The molecule has 176 valence electrons. The van der Waals surface area contributed by atoms with Gasteiger partial charge in [-0.25, -0.2) is 9.97 Å². The molecule has 0 saturated carbocycles. The van der Waals surface area contributed by atoms with E-state index in [1.165, 1.54) is 6.33 Å². The number of aromatic nitrogens is 2. The van der Waals surface area contributed by atoms with Crippen molar-refractivity contribution >= 4 is 22.4 Å². The minimum atomic E-state index is 0.391. The van der Waals surface area contributed by atoms with Gasteiger partial charge in [0.1, 0.15) is 36.9 Å². The lowest BCUT2D eigenvalue weighted by atomic mass is 10.2. The van der Waals surface area contributed by atoms with Gasteiger partial charge >= 0.3 is 0 Å². The predicted molar refractivity (Wildman–Crippen MR) is 131 cm³/mol. The fourth-order valence-electron chi connectivity index (χ4n) is 3.23. The fourth-order valence-corrected chi connectivity index (χ4v) is 3.23. The van der Waals surface area contributed by atoms with Gasteiger partial charge in [0.05, 0.1) is 18.7 Å². The summed E-state index contributed by atoms with van der Waals surface area (Å²) in [5, 5.41) is 4.16. The van der Waals surface area contributed by atoms with Crippen molar-refractivity contribution in [3.05, 3.63) is 73.1 Å². The van der Waals surface area contributed by atoms with Crippen molar-refractivity contribution in [3.63, 3.8) is 0 Å². The summed E-state index contributed by atoms with van der Waals surface area (Å²) < 4.78 is 27.8. The number of hydrogen-bond acceptors (Lipinski definition) is 8. The molecule has 0 fully saturated rings. The second-order valence-corrected chi connectivity index (χ2v) is 7.29. The summed E-state index contributed by atoms with van der Waals surface area (Å²) in [5.41, 5.74) is 1.59. The van der Waals surface area contributed by atoms with Gasteiger partial charge in [0.25, 0.3) is 0 Å². The maximum absolute atomic E-state index is 5.90. The smallest absolute Gasteiger partial charge is 0.163 e. The van der Waals surface area contributed by atoms with Crippen molar-refractivity contribution in [1.82, 2.24) is 9.97 Å². The van der Waals surface area contributed by atoms with Crippen LogP contribution in [0.1, 0.15) is 0 Å². The molecule has 4 aromatic rings. The van der Waals surface area contributed by atoms with Crippen molar-refractivity contribution in [2.75, 3.05) is 46.0 Å². The van der Waals surface area contributed by atoms with Crippen LogP contribution in [-0.4, -0.2) is 50.6 Å². The summed E-state index contributed by atoms with van der Waals surface area (Å²) in [5.74, 6) is 3.37. The van der Waals surface area contributed by atoms with Crippen molar-refractivity contribution in [2.24, 2.45) is 0 Å². The Morgan fingerprint density at radius 2 is 1.35 bits per heavy atom. The number of methoxy groups -OCH3 is 2. The molecule has 8 nitrogen and oxygen atoms in total. The molecule has 0 saturated heterocycles. The first-order valence-electron chi connectivity index (χ1n) is 10.9. The fraction of sp³-hybridized carbons (Fsp3) is 0.231. The zero-order valence-corrected chi connectivity index (χ0v) is 19.2. The topological polar surface area (TPSA) is 84.0 Å². The van der Waals surface area contributed by atoms with Gasteiger partial charge in [-0.15, -0.1) is 0 Å². The van der Waals surface area contributed by atoms with Crippen LogP contribution in [-0.2, 0) is 9.47 Å². The molecule has 1 aromatic heterocycles. The van der Waals surface area contributed by atoms with E-state index in [9.17, 15) is 0 Å². The zero-order valence-electron chi connectivity index (χ0n) is 19.2. The Morgan fingerprint density at radius 1 is 0.706 bits per heavy atom. The van der Waals surface area contributed by atoms with Gasteiger partial charge in [0.15, 0.2) is 11.5 Å². The summed E-state index contributed by atoms with van der Waals surface area (Å²) in [6, 6.07) is 21.1. The third-order valence-electron chi connectivity index (χ3n) is 4.89. The van der Waals surface area contributed by atoms with Crippen LogP contribution in [0.15, 0.2) is 73.1 Å². The van der Waals surface area contributed by atoms with Crippen molar-refractivity contribution < 1.29 is 23.7 Å². The molecule has 0 radical (unpaired) electrons. The summed E-state index contributed by atoms with van der Waals surface area (Å²) in [4.78, 5) is 8.85. The molecular weight excluding hydrogens is 434 g/mol. The summed E-state index contributed by atoms with van der Waals surface area (Å²) >= 11 is 0. The Bertz CT molecular complexity index is 1190. The van der Waals surface area contributed by atoms with Crippen LogP contribution in [0, 0.1) is 0 Å². The van der Waals surface area contributed by atoms with Crippen LogP contribution in [0.3, 0.4) is 0 Å². The number of para-hydroxylation sites is 1. The Morgan fingerprint density at radius 3 is 2.03 bits per heavy atom. The van der Waals surface area contributed by atoms with Crippen LogP contribution >= 0.6 is 0 Å². The molecular formula is C26H27N3O5. The number of ether oxygens (including phenoxy) is 5. The third-order valence-corrected chi connectivity index (χ3v) is 4.89. The average molecular weight is 462 g/mol. The molecule has 0 bridgehead atoms. The minimum absolute atomic E-state index is 0.391. The molecule has 34 heavy (non-hydrogen) atoms. The highest BCUT2D eigenvalue weighted by Gasteiger charge is 2.13. The van der Waals surface area contributed by atoms with E-state index in [1.807, 2.05) is 66.7 Å². The molecule has 0 aliphatic carbocycles. The van der Waals surface area contributed by atoms with E-state index < -0.39 is 0 Å². The molecule has 8 heteroatoms. The number of nitrogens with one attached hydrogen (secondary N) is 1. The van der Waals surface area contributed by atoms with E-state index in [-0.39, 0.29) is 0 Å². The summed E-state index contributed by atoms with van der Waals surface area (Å²) in [7, 11) is 3.26. The Labute approximate surface area is 198 Å². The molecule has 1 heterocycles. The summed E-state index contributed by atoms with van der Waals surface area (Å²) in [6.45, 7) is 1.72. The molecule has 0 spiro atoms. The molecule has 4 rings (SSSR count). The van der Waals surface area contributed by atoms with Crippen LogP contribution in [0.4, 0.5) is 11.5 Å². The number of benzene rings is 3. The van der Waals surface area contributed by atoms with Gasteiger partial charge in [0.2, 0.25) is 0 Å². The average Bonchev–Trinajstić information content (AvgIpc) is 2.86. The van der Waals surface area contributed by atoms with Crippen LogP contribution in [0.2, 0.25) is 0 Å². The van der Waals surface area contributed by atoms with E-state index >= 15 is 0 Å². The van der Waals surface area contributed by atoms with E-state index in [0.29, 0.717) is 43.7 Å². The van der Waals surface area contributed by atoms with E-state index in [2.05, 4.69) is 15.3 Å². The lowest BCUT2D eigenvalue weighted by Gasteiger charge is -2.15. The van der Waals surface area contributed by atoms with Crippen LogP contribution in [0.25, 0.3) is 10.9 Å².